The van der Waals surface area contributed by atoms with E-state index < -0.39 is 0 Å². The largest absolute Gasteiger partial charge is 0.566 e. The van der Waals surface area contributed by atoms with Gasteiger partial charge in [-0.25, -0.2) is 6.61 Å². The Kier molecular flexibility index (Phi) is 21.4. The van der Waals surface area contributed by atoms with Crippen molar-refractivity contribution in [2.45, 2.75) is 54.4 Å². The van der Waals surface area contributed by atoms with E-state index in [-0.39, 0.29) is 67.9 Å². The van der Waals surface area contributed by atoms with Crippen LogP contribution in [0.5, 0.6) is 0 Å². The maximum Gasteiger partial charge on any atom is 0.305 e. The van der Waals surface area contributed by atoms with E-state index in [1.165, 1.54) is 21.0 Å². The molecule has 4 aromatic rings. The Hall–Kier alpha value is -3.52. The molecule has 44 heavy (non-hydrogen) atoms. The molecule has 0 fully saturated rings. The molecule has 2 aromatic carbocycles. The van der Waals surface area contributed by atoms with E-state index in [1.807, 2.05) is 45.0 Å². The summed E-state index contributed by atoms with van der Waals surface area (Å²) in [5.41, 5.74) is 2.64. The van der Waals surface area contributed by atoms with E-state index in [9.17, 15) is 24.0 Å². The van der Waals surface area contributed by atoms with Gasteiger partial charge < -0.3 is 30.4 Å². The number of aromatic amines is 2. The van der Waals surface area contributed by atoms with Gasteiger partial charge in [0.05, 0.1) is 7.11 Å². The molecule has 2 amide bonds. The number of aromatic nitrogens is 2. The zero-order chi connectivity index (χ0) is 31.8. The van der Waals surface area contributed by atoms with Crippen LogP contribution in [-0.2, 0) is 58.1 Å². The molecule has 0 saturated carbocycles. The molecule has 2 aromatic heterocycles. The molecule has 0 aliphatic rings. The Morgan fingerprint density at radius 3 is 1.39 bits per heavy atom. The molecule has 5 N–H and O–H groups in total. The number of aliphatic hydroxyl groups is 1. The number of fused-ring (bicyclic) bond motifs is 2. The smallest absolute Gasteiger partial charge is 0.305 e. The third kappa shape index (κ3) is 15.3. The van der Waals surface area contributed by atoms with Crippen LogP contribution in [0, 0.1) is 20.5 Å². The van der Waals surface area contributed by atoms with Gasteiger partial charge in [0.25, 0.3) is 11.1 Å². The molecule has 0 saturated heterocycles. The second-order valence-electron chi connectivity index (χ2n) is 9.05. The summed E-state index contributed by atoms with van der Waals surface area (Å²) >= 11 is 0. The number of esters is 1. The first kappa shape index (κ1) is 42.6. The first-order valence-corrected chi connectivity index (χ1v) is 13.2. The van der Waals surface area contributed by atoms with Crippen LogP contribution in [0.2, 0.25) is 0 Å². The summed E-state index contributed by atoms with van der Waals surface area (Å²) < 4.78 is 4.26. The van der Waals surface area contributed by atoms with Crippen molar-refractivity contribution in [1.29, 1.82) is 0 Å². The summed E-state index contributed by atoms with van der Waals surface area (Å²) in [5, 5.41) is 15.9. The second kappa shape index (κ2) is 22.1. The van der Waals surface area contributed by atoms with Gasteiger partial charge in [-0.1, -0.05) is 26.0 Å². The zero-order valence-electron chi connectivity index (χ0n) is 25.7. The van der Waals surface area contributed by atoms with Crippen LogP contribution in [0.25, 0.3) is 21.5 Å². The maximum absolute atomic E-state index is 11.7. The summed E-state index contributed by atoms with van der Waals surface area (Å²) in [7, 11) is 1.38. The van der Waals surface area contributed by atoms with E-state index in [4.69, 9.17) is 5.11 Å². The minimum atomic E-state index is -0.157. The molecule has 11 nitrogen and oxygen atoms in total. The molecule has 0 bridgehead atoms. The number of aryl methyl sites for hydroxylation is 2. The molecular formula is C31H39N4O7Rh2-. The number of H-pyrrole nitrogens is 2. The SMILES string of the molecule is CC(=O)Nc1ccc2cc(C)[nH]c(=O)c2c1.CC(=O)Nc1ccc2cc(C)[nH]c(=O)c2c1.CCC(=O)OC.CC[CH-]O.[Rh].[Rh]. The minimum Gasteiger partial charge on any atom is -0.566 e. The Labute approximate surface area is 282 Å². The summed E-state index contributed by atoms with van der Waals surface area (Å²) in [4.78, 5) is 60.5. The van der Waals surface area contributed by atoms with Crippen LogP contribution in [0.15, 0.2) is 58.1 Å². The van der Waals surface area contributed by atoms with E-state index >= 15 is 0 Å². The van der Waals surface area contributed by atoms with Crippen LogP contribution in [0.1, 0.15) is 51.9 Å². The fourth-order valence-electron chi connectivity index (χ4n) is 3.50. The number of amides is 2. The third-order valence-electron chi connectivity index (χ3n) is 5.30. The monoisotopic (exact) mass is 785 g/mol. The number of pyridine rings is 2. The molecule has 244 valence electrons. The second-order valence-corrected chi connectivity index (χ2v) is 9.05. The van der Waals surface area contributed by atoms with Gasteiger partial charge >= 0.3 is 5.97 Å². The Bertz CT molecular complexity index is 1520. The molecule has 0 unspecified atom stereocenters. The quantitative estimate of drug-likeness (QED) is 0.109. The van der Waals surface area contributed by atoms with Gasteiger partial charge in [0.1, 0.15) is 0 Å². The Morgan fingerprint density at radius 1 is 0.773 bits per heavy atom. The first-order chi connectivity index (χ1) is 19.8. The van der Waals surface area contributed by atoms with Gasteiger partial charge in [-0.2, -0.15) is 6.42 Å². The molecular weight excluding hydrogens is 746 g/mol. The first-order valence-electron chi connectivity index (χ1n) is 13.2. The van der Waals surface area contributed by atoms with Crippen molar-refractivity contribution in [3.63, 3.8) is 0 Å². The van der Waals surface area contributed by atoms with E-state index in [0.29, 0.717) is 28.6 Å². The fourth-order valence-corrected chi connectivity index (χ4v) is 3.50. The predicted octanol–water partition coefficient (Wildman–Crippen LogP) is 5.08. The number of aliphatic hydroxyl groups excluding tert-OH is 1. The van der Waals surface area contributed by atoms with Crippen LogP contribution in [0.3, 0.4) is 0 Å². The third-order valence-corrected chi connectivity index (χ3v) is 5.30. The average molecular weight is 785 g/mol. The molecule has 2 heterocycles. The number of carbonyl (C=O) groups is 3. The maximum atomic E-state index is 11.7. The molecule has 4 rings (SSSR count). The van der Waals surface area contributed by atoms with Crippen molar-refractivity contribution >= 4 is 50.7 Å². The topological polar surface area (TPSA) is 170 Å². The number of nitrogens with one attached hydrogen (secondary N) is 4. The Balaban J connectivity index is 0. The number of hydrogen-bond acceptors (Lipinski definition) is 7. The molecule has 0 aliphatic carbocycles. The van der Waals surface area contributed by atoms with Gasteiger partial charge in [0.2, 0.25) is 11.8 Å². The van der Waals surface area contributed by atoms with E-state index in [0.717, 1.165) is 35.2 Å². The predicted molar refractivity (Wildman–Crippen MR) is 166 cm³/mol. The minimum absolute atomic E-state index is 0. The summed E-state index contributed by atoms with van der Waals surface area (Å²) in [6, 6.07) is 14.4. The molecule has 0 aliphatic heterocycles. The van der Waals surface area contributed by atoms with Crippen LogP contribution in [0.4, 0.5) is 11.4 Å². The number of methoxy groups -OCH3 is 1. The number of ether oxygens (including phenoxy) is 1. The van der Waals surface area contributed by atoms with E-state index in [2.05, 4.69) is 25.3 Å². The van der Waals surface area contributed by atoms with Gasteiger partial charge in [0.15, 0.2) is 0 Å². The van der Waals surface area contributed by atoms with E-state index in [1.54, 1.807) is 31.2 Å². The van der Waals surface area contributed by atoms with Crippen molar-refractivity contribution < 1.29 is 63.2 Å². The Morgan fingerprint density at radius 2 is 1.14 bits per heavy atom. The van der Waals surface area contributed by atoms with Crippen molar-refractivity contribution in [2.24, 2.45) is 0 Å². The normalized spacial score (nSPS) is 9.27. The zero-order valence-corrected chi connectivity index (χ0v) is 29.0. The fraction of sp³-hybridized carbons (Fsp3) is 0.290. The molecule has 2 radical (unpaired) electrons. The van der Waals surface area contributed by atoms with Gasteiger partial charge in [-0.3, -0.25) is 24.0 Å². The van der Waals surface area contributed by atoms with Crippen LogP contribution < -0.4 is 21.8 Å². The number of hydrogen-bond donors (Lipinski definition) is 5. The van der Waals surface area contributed by atoms with Gasteiger partial charge in [-0.05, 0) is 61.0 Å². The number of rotatable bonds is 4. The molecule has 0 atom stereocenters. The number of anilines is 2. The summed E-state index contributed by atoms with van der Waals surface area (Å²) in [6.45, 7) is 11.3. The van der Waals surface area contributed by atoms with Crippen molar-refractivity contribution in [3.8, 4) is 0 Å². The van der Waals surface area contributed by atoms with Crippen LogP contribution >= 0.6 is 0 Å². The molecule has 0 spiro atoms. The van der Waals surface area contributed by atoms with Crippen molar-refractivity contribution in [1.82, 2.24) is 9.97 Å². The van der Waals surface area contributed by atoms with Gasteiger partial charge in [-0.15, -0.1) is 0 Å². The summed E-state index contributed by atoms with van der Waals surface area (Å²) in [6.07, 6.45) is 1.22. The van der Waals surface area contributed by atoms with Crippen LogP contribution in [-0.4, -0.2) is 40.0 Å². The number of benzene rings is 2. The number of carbonyl (C=O) groups excluding carboxylic acids is 3. The average Bonchev–Trinajstić information content (AvgIpc) is 2.93. The van der Waals surface area contributed by atoms with Crippen molar-refractivity contribution in [2.75, 3.05) is 17.7 Å². The molecule has 13 heteroatoms. The van der Waals surface area contributed by atoms with Gasteiger partial charge in [0, 0.05) is 92.8 Å². The standard InChI is InChI=1S/2C12H12N2O2.C4H8O2.C3H7O.2Rh/c2*1-7-5-9-3-4-10(14-8(2)15)6-11(9)12(16)13-7;1-3-4(5)6-2;1-2-3-4;;/h2*3-6H,1-2H3,(H,13,16)(H,14,15);3H2,1-2H3;3-4H,2H2,1H3;;/q;;;-1;;. The van der Waals surface area contributed by atoms with Crippen molar-refractivity contribution in [3.05, 3.63) is 87.2 Å². The summed E-state index contributed by atoms with van der Waals surface area (Å²) in [5.74, 6) is -0.458.